The number of likely N-dealkylation sites (tertiary alicyclic amines) is 1. The number of furan rings is 1. The summed E-state index contributed by atoms with van der Waals surface area (Å²) in [6.45, 7) is 1.62. The van der Waals surface area contributed by atoms with Crippen LogP contribution in [-0.2, 0) is 6.54 Å². The van der Waals surface area contributed by atoms with Gasteiger partial charge in [-0.3, -0.25) is 4.79 Å². The predicted octanol–water partition coefficient (Wildman–Crippen LogP) is 2.39. The first-order valence-corrected chi connectivity index (χ1v) is 8.66. The number of hydrogen-bond acceptors (Lipinski definition) is 4. The number of rotatable bonds is 5. The molecule has 1 aliphatic heterocycles. The molecule has 0 atom stereocenters. The molecular weight excluding hydrogens is 334 g/mol. The van der Waals surface area contributed by atoms with Crippen LogP contribution >= 0.6 is 0 Å². The SMILES string of the molecule is COc1cccc(CNC(=O)NC2CCN(C(=O)c3ccco3)CC2)c1. The summed E-state index contributed by atoms with van der Waals surface area (Å²) in [5.74, 6) is 1.02. The maximum atomic E-state index is 12.2. The topological polar surface area (TPSA) is 83.8 Å². The van der Waals surface area contributed by atoms with Gasteiger partial charge in [-0.05, 0) is 42.7 Å². The maximum absolute atomic E-state index is 12.2. The van der Waals surface area contributed by atoms with Gasteiger partial charge in [-0.2, -0.15) is 0 Å². The lowest BCUT2D eigenvalue weighted by Gasteiger charge is -2.31. The van der Waals surface area contributed by atoms with Crippen molar-refractivity contribution >= 4 is 11.9 Å². The van der Waals surface area contributed by atoms with E-state index >= 15 is 0 Å². The van der Waals surface area contributed by atoms with E-state index in [0.29, 0.717) is 25.4 Å². The molecule has 0 saturated carbocycles. The Hall–Kier alpha value is -2.96. The minimum atomic E-state index is -0.205. The van der Waals surface area contributed by atoms with Gasteiger partial charge in [-0.15, -0.1) is 0 Å². The van der Waals surface area contributed by atoms with E-state index in [1.54, 1.807) is 24.1 Å². The zero-order valence-electron chi connectivity index (χ0n) is 14.7. The molecule has 2 aromatic rings. The summed E-state index contributed by atoms with van der Waals surface area (Å²) in [7, 11) is 1.61. The van der Waals surface area contributed by atoms with Crippen molar-refractivity contribution < 1.29 is 18.7 Å². The van der Waals surface area contributed by atoms with Crippen LogP contribution in [0, 0.1) is 0 Å². The lowest BCUT2D eigenvalue weighted by Crippen LogP contribution is -2.49. The Labute approximate surface area is 152 Å². The van der Waals surface area contributed by atoms with Crippen LogP contribution in [0.25, 0.3) is 0 Å². The molecule has 0 spiro atoms. The van der Waals surface area contributed by atoms with Gasteiger partial charge in [0.25, 0.3) is 5.91 Å². The molecule has 2 heterocycles. The van der Waals surface area contributed by atoms with Crippen molar-refractivity contribution in [2.45, 2.75) is 25.4 Å². The van der Waals surface area contributed by atoms with E-state index in [0.717, 1.165) is 24.2 Å². The van der Waals surface area contributed by atoms with E-state index in [9.17, 15) is 9.59 Å². The summed E-state index contributed by atoms with van der Waals surface area (Å²) in [5, 5.41) is 5.82. The average Bonchev–Trinajstić information content (AvgIpc) is 3.21. The Bertz CT molecular complexity index is 737. The minimum Gasteiger partial charge on any atom is -0.497 e. The van der Waals surface area contributed by atoms with Crippen LogP contribution in [0.3, 0.4) is 0 Å². The first-order valence-electron chi connectivity index (χ1n) is 8.66. The molecule has 1 saturated heterocycles. The van der Waals surface area contributed by atoms with Crippen LogP contribution in [0.4, 0.5) is 4.79 Å². The molecule has 1 aromatic heterocycles. The number of methoxy groups -OCH3 is 1. The molecule has 7 heteroatoms. The summed E-state index contributed by atoms with van der Waals surface area (Å²) >= 11 is 0. The van der Waals surface area contributed by atoms with E-state index in [1.165, 1.54) is 6.26 Å². The van der Waals surface area contributed by atoms with Crippen molar-refractivity contribution in [1.29, 1.82) is 0 Å². The second kappa shape index (κ2) is 8.42. The highest BCUT2D eigenvalue weighted by atomic mass is 16.5. The first-order chi connectivity index (χ1) is 12.7. The highest BCUT2D eigenvalue weighted by Gasteiger charge is 2.25. The fraction of sp³-hybridized carbons (Fsp3) is 0.368. The zero-order valence-corrected chi connectivity index (χ0v) is 14.7. The van der Waals surface area contributed by atoms with Crippen LogP contribution in [0.1, 0.15) is 29.0 Å². The molecule has 1 aromatic carbocycles. The van der Waals surface area contributed by atoms with E-state index in [-0.39, 0.29) is 18.0 Å². The maximum Gasteiger partial charge on any atom is 0.315 e. The van der Waals surface area contributed by atoms with Gasteiger partial charge in [0.05, 0.1) is 13.4 Å². The number of ether oxygens (including phenoxy) is 1. The van der Waals surface area contributed by atoms with Crippen LogP contribution in [0.5, 0.6) is 5.75 Å². The molecule has 2 N–H and O–H groups in total. The number of nitrogens with zero attached hydrogens (tertiary/aromatic N) is 1. The first kappa shape index (κ1) is 17.8. The number of nitrogens with one attached hydrogen (secondary N) is 2. The summed E-state index contributed by atoms with van der Waals surface area (Å²) in [4.78, 5) is 26.1. The van der Waals surface area contributed by atoms with Crippen molar-refractivity contribution in [2.24, 2.45) is 0 Å². The van der Waals surface area contributed by atoms with E-state index in [2.05, 4.69) is 10.6 Å². The molecule has 0 radical (unpaired) electrons. The summed E-state index contributed by atoms with van der Waals surface area (Å²) in [6.07, 6.45) is 2.94. The van der Waals surface area contributed by atoms with Crippen molar-refractivity contribution in [3.63, 3.8) is 0 Å². The quantitative estimate of drug-likeness (QED) is 0.861. The number of piperidine rings is 1. The number of carbonyl (C=O) groups excluding carboxylic acids is 2. The smallest absolute Gasteiger partial charge is 0.315 e. The number of amides is 3. The average molecular weight is 357 g/mol. The fourth-order valence-electron chi connectivity index (χ4n) is 2.98. The fourth-order valence-corrected chi connectivity index (χ4v) is 2.98. The molecule has 3 rings (SSSR count). The van der Waals surface area contributed by atoms with Crippen molar-refractivity contribution in [3.8, 4) is 5.75 Å². The van der Waals surface area contributed by atoms with Gasteiger partial charge in [0.2, 0.25) is 0 Å². The number of urea groups is 1. The molecule has 1 aliphatic rings. The highest BCUT2D eigenvalue weighted by molar-refractivity contribution is 5.91. The third-order valence-corrected chi connectivity index (χ3v) is 4.44. The molecule has 3 amide bonds. The minimum absolute atomic E-state index is 0.0564. The van der Waals surface area contributed by atoms with Gasteiger partial charge in [-0.1, -0.05) is 12.1 Å². The highest BCUT2D eigenvalue weighted by Crippen LogP contribution is 2.15. The summed E-state index contributed by atoms with van der Waals surface area (Å²) < 4.78 is 10.3. The van der Waals surface area contributed by atoms with Gasteiger partial charge in [0.15, 0.2) is 5.76 Å². The Morgan fingerprint density at radius 3 is 2.73 bits per heavy atom. The monoisotopic (exact) mass is 357 g/mol. The zero-order chi connectivity index (χ0) is 18.4. The van der Waals surface area contributed by atoms with Crippen LogP contribution in [-0.4, -0.2) is 43.1 Å². The molecular formula is C19H23N3O4. The standard InChI is InChI=1S/C19H23N3O4/c1-25-16-5-2-4-14(12-16)13-20-19(24)21-15-7-9-22(10-8-15)18(23)17-6-3-11-26-17/h2-6,11-12,15H,7-10,13H2,1H3,(H2,20,21,24). The van der Waals surface area contributed by atoms with Crippen molar-refractivity contribution in [1.82, 2.24) is 15.5 Å². The van der Waals surface area contributed by atoms with E-state index in [1.807, 2.05) is 24.3 Å². The normalized spacial score (nSPS) is 14.7. The second-order valence-corrected chi connectivity index (χ2v) is 6.22. The third-order valence-electron chi connectivity index (χ3n) is 4.44. The van der Waals surface area contributed by atoms with Crippen molar-refractivity contribution in [2.75, 3.05) is 20.2 Å². The third kappa shape index (κ3) is 4.56. The number of hydrogen-bond donors (Lipinski definition) is 2. The summed E-state index contributed by atoms with van der Waals surface area (Å²) in [6, 6.07) is 10.8. The molecule has 26 heavy (non-hydrogen) atoms. The Balaban J connectivity index is 1.41. The Morgan fingerprint density at radius 2 is 2.04 bits per heavy atom. The van der Waals surface area contributed by atoms with E-state index in [4.69, 9.17) is 9.15 Å². The number of carbonyl (C=O) groups is 2. The molecule has 0 bridgehead atoms. The molecule has 7 nitrogen and oxygen atoms in total. The number of benzene rings is 1. The van der Waals surface area contributed by atoms with Crippen LogP contribution in [0.15, 0.2) is 47.1 Å². The van der Waals surface area contributed by atoms with Gasteiger partial charge in [-0.25, -0.2) is 4.79 Å². The molecule has 0 unspecified atom stereocenters. The van der Waals surface area contributed by atoms with Gasteiger partial charge < -0.3 is 24.7 Å². The van der Waals surface area contributed by atoms with Gasteiger partial charge in [0, 0.05) is 25.7 Å². The van der Waals surface area contributed by atoms with Gasteiger partial charge >= 0.3 is 6.03 Å². The molecule has 1 fully saturated rings. The lowest BCUT2D eigenvalue weighted by molar-refractivity contribution is 0.0676. The Kier molecular flexibility index (Phi) is 5.78. The summed E-state index contributed by atoms with van der Waals surface area (Å²) in [5.41, 5.74) is 0.971. The molecule has 138 valence electrons. The van der Waals surface area contributed by atoms with Crippen LogP contribution in [0.2, 0.25) is 0 Å². The lowest BCUT2D eigenvalue weighted by atomic mass is 10.0. The van der Waals surface area contributed by atoms with Crippen LogP contribution < -0.4 is 15.4 Å². The second-order valence-electron chi connectivity index (χ2n) is 6.22. The van der Waals surface area contributed by atoms with Crippen molar-refractivity contribution in [3.05, 3.63) is 54.0 Å². The largest absolute Gasteiger partial charge is 0.497 e. The Morgan fingerprint density at radius 1 is 1.23 bits per heavy atom. The van der Waals surface area contributed by atoms with Gasteiger partial charge in [0.1, 0.15) is 5.75 Å². The predicted molar refractivity (Wildman–Crippen MR) is 96.0 cm³/mol. The van der Waals surface area contributed by atoms with E-state index < -0.39 is 0 Å². The molecule has 0 aliphatic carbocycles.